The summed E-state index contributed by atoms with van der Waals surface area (Å²) in [5.74, 6) is 1.19. The molecule has 3 nitrogen and oxygen atoms in total. The van der Waals surface area contributed by atoms with Crippen LogP contribution in [0.1, 0.15) is 49.5 Å². The average molecular weight is 291 g/mol. The summed E-state index contributed by atoms with van der Waals surface area (Å²) in [5, 5.41) is 5.83. The standard InChI is InChI=1S/C16H25N3S/c1-4-9-19-10-8-18-15(19)12-14(17-6-3)16-13(5-2)7-11-20-16/h7-8,10-11,14,17H,4-6,9,12H2,1-3H3. The summed E-state index contributed by atoms with van der Waals surface area (Å²) in [5.41, 5.74) is 1.47. The van der Waals surface area contributed by atoms with E-state index in [0.717, 1.165) is 32.4 Å². The third-order valence-corrected chi connectivity index (χ3v) is 4.65. The first-order chi connectivity index (χ1) is 9.80. The zero-order valence-electron chi connectivity index (χ0n) is 12.7. The van der Waals surface area contributed by atoms with Crippen molar-refractivity contribution in [2.45, 2.75) is 52.6 Å². The maximum atomic E-state index is 4.55. The van der Waals surface area contributed by atoms with Gasteiger partial charge in [-0.3, -0.25) is 0 Å². The second-order valence-electron chi connectivity index (χ2n) is 5.01. The minimum absolute atomic E-state index is 0.382. The highest BCUT2D eigenvalue weighted by atomic mass is 32.1. The second-order valence-corrected chi connectivity index (χ2v) is 5.96. The monoisotopic (exact) mass is 291 g/mol. The fraction of sp³-hybridized carbons (Fsp3) is 0.562. The molecule has 1 unspecified atom stereocenters. The predicted molar refractivity (Wildman–Crippen MR) is 86.3 cm³/mol. The van der Waals surface area contributed by atoms with Crippen LogP contribution in [-0.4, -0.2) is 16.1 Å². The number of nitrogens with zero attached hydrogens (tertiary/aromatic N) is 2. The van der Waals surface area contributed by atoms with Gasteiger partial charge in [0.1, 0.15) is 5.82 Å². The lowest BCUT2D eigenvalue weighted by molar-refractivity contribution is 0.520. The van der Waals surface area contributed by atoms with Crippen LogP contribution >= 0.6 is 11.3 Å². The number of hydrogen-bond donors (Lipinski definition) is 1. The van der Waals surface area contributed by atoms with Crippen LogP contribution in [0.3, 0.4) is 0 Å². The first-order valence-electron chi connectivity index (χ1n) is 7.59. The minimum atomic E-state index is 0.382. The molecule has 1 N–H and O–H groups in total. The fourth-order valence-electron chi connectivity index (χ4n) is 2.61. The smallest absolute Gasteiger partial charge is 0.110 e. The molecule has 0 saturated carbocycles. The highest BCUT2D eigenvalue weighted by molar-refractivity contribution is 7.10. The van der Waals surface area contributed by atoms with Crippen molar-refractivity contribution in [3.05, 3.63) is 40.1 Å². The van der Waals surface area contributed by atoms with Gasteiger partial charge in [-0.05, 0) is 36.4 Å². The number of thiophene rings is 1. The molecule has 2 rings (SSSR count). The molecule has 2 aromatic heterocycles. The lowest BCUT2D eigenvalue weighted by Crippen LogP contribution is -2.24. The molecule has 4 heteroatoms. The Kier molecular flexibility index (Phi) is 5.80. The number of aryl methyl sites for hydroxylation is 2. The molecule has 20 heavy (non-hydrogen) atoms. The van der Waals surface area contributed by atoms with Gasteiger partial charge in [0.2, 0.25) is 0 Å². The summed E-state index contributed by atoms with van der Waals surface area (Å²) in [7, 11) is 0. The summed E-state index contributed by atoms with van der Waals surface area (Å²) in [6, 6.07) is 2.64. The van der Waals surface area contributed by atoms with Crippen molar-refractivity contribution in [2.75, 3.05) is 6.54 Å². The fourth-order valence-corrected chi connectivity index (χ4v) is 3.68. The second kappa shape index (κ2) is 7.60. The van der Waals surface area contributed by atoms with Crippen molar-refractivity contribution in [1.82, 2.24) is 14.9 Å². The molecule has 0 aliphatic heterocycles. The van der Waals surface area contributed by atoms with Crippen molar-refractivity contribution >= 4 is 11.3 Å². The SMILES string of the molecule is CCCn1ccnc1CC(NCC)c1sccc1CC. The van der Waals surface area contributed by atoms with Gasteiger partial charge in [0, 0.05) is 36.3 Å². The van der Waals surface area contributed by atoms with Gasteiger partial charge in [-0.25, -0.2) is 4.98 Å². The highest BCUT2D eigenvalue weighted by Crippen LogP contribution is 2.27. The van der Waals surface area contributed by atoms with Gasteiger partial charge in [0.15, 0.2) is 0 Å². The molecule has 2 heterocycles. The van der Waals surface area contributed by atoms with Crippen molar-refractivity contribution < 1.29 is 0 Å². The number of rotatable bonds is 8. The quantitative estimate of drug-likeness (QED) is 0.801. The molecule has 0 aliphatic carbocycles. The van der Waals surface area contributed by atoms with E-state index in [1.807, 2.05) is 17.5 Å². The summed E-state index contributed by atoms with van der Waals surface area (Å²) in [4.78, 5) is 6.02. The molecular weight excluding hydrogens is 266 g/mol. The van der Waals surface area contributed by atoms with Crippen LogP contribution in [0.25, 0.3) is 0 Å². The van der Waals surface area contributed by atoms with Crippen LogP contribution in [0, 0.1) is 0 Å². The Balaban J connectivity index is 2.19. The van der Waals surface area contributed by atoms with E-state index in [4.69, 9.17) is 0 Å². The topological polar surface area (TPSA) is 29.9 Å². The van der Waals surface area contributed by atoms with Gasteiger partial charge in [-0.2, -0.15) is 0 Å². The minimum Gasteiger partial charge on any atom is -0.335 e. The first kappa shape index (κ1) is 15.3. The van der Waals surface area contributed by atoms with Crippen LogP contribution in [-0.2, 0) is 19.4 Å². The van der Waals surface area contributed by atoms with E-state index in [1.54, 1.807) is 0 Å². The van der Waals surface area contributed by atoms with E-state index in [1.165, 1.54) is 16.3 Å². The van der Waals surface area contributed by atoms with Crippen LogP contribution in [0.2, 0.25) is 0 Å². The van der Waals surface area contributed by atoms with E-state index >= 15 is 0 Å². The zero-order chi connectivity index (χ0) is 14.4. The van der Waals surface area contributed by atoms with Crippen LogP contribution < -0.4 is 5.32 Å². The molecule has 0 saturated heterocycles. The van der Waals surface area contributed by atoms with Gasteiger partial charge in [0.05, 0.1) is 0 Å². The first-order valence-corrected chi connectivity index (χ1v) is 8.47. The number of aromatic nitrogens is 2. The Morgan fingerprint density at radius 2 is 2.20 bits per heavy atom. The Labute approximate surface area is 126 Å². The summed E-state index contributed by atoms with van der Waals surface area (Å²) in [6.07, 6.45) is 7.23. The lowest BCUT2D eigenvalue weighted by Gasteiger charge is -2.18. The van der Waals surface area contributed by atoms with Crippen molar-refractivity contribution in [1.29, 1.82) is 0 Å². The molecule has 0 spiro atoms. The van der Waals surface area contributed by atoms with Crippen molar-refractivity contribution in [3.8, 4) is 0 Å². The highest BCUT2D eigenvalue weighted by Gasteiger charge is 2.18. The lowest BCUT2D eigenvalue weighted by atomic mass is 10.1. The van der Waals surface area contributed by atoms with Crippen LogP contribution in [0.15, 0.2) is 23.8 Å². The maximum Gasteiger partial charge on any atom is 0.110 e. The maximum absolute atomic E-state index is 4.55. The van der Waals surface area contributed by atoms with E-state index in [9.17, 15) is 0 Å². The van der Waals surface area contributed by atoms with Gasteiger partial charge < -0.3 is 9.88 Å². The summed E-state index contributed by atoms with van der Waals surface area (Å²) < 4.78 is 2.28. The molecule has 0 aromatic carbocycles. The molecule has 0 aliphatic rings. The largest absolute Gasteiger partial charge is 0.335 e. The Hall–Kier alpha value is -1.13. The third kappa shape index (κ3) is 3.49. The van der Waals surface area contributed by atoms with E-state index < -0.39 is 0 Å². The number of likely N-dealkylation sites (N-methyl/N-ethyl adjacent to an activating group) is 1. The third-order valence-electron chi connectivity index (χ3n) is 3.58. The molecule has 110 valence electrons. The van der Waals surface area contributed by atoms with Gasteiger partial charge >= 0.3 is 0 Å². The molecule has 0 fully saturated rings. The van der Waals surface area contributed by atoms with E-state index in [2.05, 4.69) is 53.3 Å². The predicted octanol–water partition coefficient (Wildman–Crippen LogP) is 3.81. The molecule has 1 atom stereocenters. The Morgan fingerprint density at radius 1 is 1.35 bits per heavy atom. The van der Waals surface area contributed by atoms with Crippen molar-refractivity contribution in [2.24, 2.45) is 0 Å². The Morgan fingerprint density at radius 3 is 2.90 bits per heavy atom. The van der Waals surface area contributed by atoms with Crippen LogP contribution in [0.4, 0.5) is 0 Å². The molecule has 0 amide bonds. The van der Waals surface area contributed by atoms with Gasteiger partial charge in [0.25, 0.3) is 0 Å². The zero-order valence-corrected chi connectivity index (χ0v) is 13.5. The summed E-state index contributed by atoms with van der Waals surface area (Å²) in [6.45, 7) is 8.65. The van der Waals surface area contributed by atoms with Gasteiger partial charge in [-0.1, -0.05) is 20.8 Å². The summed E-state index contributed by atoms with van der Waals surface area (Å²) >= 11 is 1.86. The Bertz CT molecular complexity index is 515. The van der Waals surface area contributed by atoms with Crippen LogP contribution in [0.5, 0.6) is 0 Å². The molecule has 0 radical (unpaired) electrons. The molecule has 0 bridgehead atoms. The van der Waals surface area contributed by atoms with E-state index in [-0.39, 0.29) is 0 Å². The number of nitrogens with one attached hydrogen (secondary N) is 1. The number of hydrogen-bond acceptors (Lipinski definition) is 3. The number of imidazole rings is 1. The molecular formula is C16H25N3S. The van der Waals surface area contributed by atoms with Gasteiger partial charge in [-0.15, -0.1) is 11.3 Å². The average Bonchev–Trinajstić information content (AvgIpc) is 3.08. The normalized spacial score (nSPS) is 12.8. The molecule has 2 aromatic rings. The van der Waals surface area contributed by atoms with Crippen molar-refractivity contribution in [3.63, 3.8) is 0 Å². The van der Waals surface area contributed by atoms with E-state index in [0.29, 0.717) is 6.04 Å².